The Morgan fingerprint density at radius 2 is 2.12 bits per heavy atom. The zero-order valence-electron chi connectivity index (χ0n) is 9.95. The van der Waals surface area contributed by atoms with E-state index in [4.69, 9.17) is 25.5 Å². The fourth-order valence-electron chi connectivity index (χ4n) is 1.15. The highest BCUT2D eigenvalue weighted by Crippen LogP contribution is 2.07. The largest absolute Gasteiger partial charge is 0.407 e. The number of aromatic nitrogens is 2. The molecule has 98 valence electrons. The van der Waals surface area contributed by atoms with Crippen LogP contribution in [0.3, 0.4) is 0 Å². The number of anilines is 1. The van der Waals surface area contributed by atoms with Gasteiger partial charge in [0.2, 0.25) is 5.89 Å². The molecule has 1 heterocycles. The van der Waals surface area contributed by atoms with E-state index >= 15 is 0 Å². The average molecular weight is 264 g/mol. The van der Waals surface area contributed by atoms with Gasteiger partial charge in [-0.15, -0.1) is 16.7 Å². The van der Waals surface area contributed by atoms with Crippen LogP contribution in [0.1, 0.15) is 18.7 Å². The van der Waals surface area contributed by atoms with Gasteiger partial charge in [-0.1, -0.05) is 5.10 Å². The van der Waals surface area contributed by atoms with Gasteiger partial charge in [0.05, 0.1) is 13.2 Å². The van der Waals surface area contributed by atoms with E-state index < -0.39 is 0 Å². The number of nitrogens with zero attached hydrogens (tertiary/aromatic N) is 2. The number of hydrogen-bond donors (Lipinski definition) is 1. The van der Waals surface area contributed by atoms with Gasteiger partial charge in [0.15, 0.2) is 0 Å². The maximum absolute atomic E-state index is 5.53. The molecule has 6 nitrogen and oxygen atoms in total. The van der Waals surface area contributed by atoms with Crippen LogP contribution in [0.5, 0.6) is 0 Å². The highest BCUT2D eigenvalue weighted by Gasteiger charge is 2.02. The Balaban J connectivity index is 1.93. The molecule has 7 heteroatoms. The number of halogens is 1. The predicted molar refractivity (Wildman–Crippen MR) is 64.3 cm³/mol. The lowest BCUT2D eigenvalue weighted by Gasteiger charge is -2.03. The first-order valence-electron chi connectivity index (χ1n) is 5.55. The van der Waals surface area contributed by atoms with Gasteiger partial charge in [0.25, 0.3) is 0 Å². The second kappa shape index (κ2) is 9.21. The Hall–Kier alpha value is -0.850. The number of ether oxygens (including phenoxy) is 2. The molecule has 1 rings (SSSR count). The van der Waals surface area contributed by atoms with E-state index in [0.29, 0.717) is 25.1 Å². The maximum atomic E-state index is 5.53. The van der Waals surface area contributed by atoms with E-state index in [1.807, 2.05) is 0 Å². The number of alkyl halides is 1. The molecule has 17 heavy (non-hydrogen) atoms. The SMILES string of the molecule is COCCOCCCCNc1nnc(CCl)o1. The summed E-state index contributed by atoms with van der Waals surface area (Å²) in [6.07, 6.45) is 1.96. The Bertz CT molecular complexity index is 296. The lowest BCUT2D eigenvalue weighted by Crippen LogP contribution is -2.06. The Kier molecular flexibility index (Phi) is 7.70. The molecule has 0 saturated carbocycles. The third-order valence-corrected chi connectivity index (χ3v) is 2.23. The third-order valence-electron chi connectivity index (χ3n) is 2.00. The summed E-state index contributed by atoms with van der Waals surface area (Å²) in [6, 6.07) is 0.418. The Morgan fingerprint density at radius 1 is 1.24 bits per heavy atom. The van der Waals surface area contributed by atoms with Crippen molar-refractivity contribution in [2.75, 3.05) is 38.8 Å². The fourth-order valence-corrected chi connectivity index (χ4v) is 1.26. The smallest absolute Gasteiger partial charge is 0.315 e. The maximum Gasteiger partial charge on any atom is 0.315 e. The van der Waals surface area contributed by atoms with E-state index in [-0.39, 0.29) is 5.88 Å². The molecule has 0 aromatic carbocycles. The van der Waals surface area contributed by atoms with Gasteiger partial charge >= 0.3 is 6.01 Å². The van der Waals surface area contributed by atoms with Gasteiger partial charge in [-0.05, 0) is 12.8 Å². The standard InChI is InChI=1S/C10H18ClN3O3/c1-15-6-7-16-5-3-2-4-12-10-14-13-9(8-11)17-10/h2-8H2,1H3,(H,12,14). The van der Waals surface area contributed by atoms with Crippen LogP contribution >= 0.6 is 11.6 Å². The molecule has 0 saturated heterocycles. The summed E-state index contributed by atoms with van der Waals surface area (Å²) in [4.78, 5) is 0. The van der Waals surface area contributed by atoms with E-state index in [0.717, 1.165) is 26.0 Å². The molecule has 0 atom stereocenters. The van der Waals surface area contributed by atoms with Crippen LogP contribution in [0.2, 0.25) is 0 Å². The van der Waals surface area contributed by atoms with Crippen molar-refractivity contribution in [2.24, 2.45) is 0 Å². The van der Waals surface area contributed by atoms with Gasteiger partial charge in [-0.25, -0.2) is 0 Å². The minimum Gasteiger partial charge on any atom is -0.407 e. The lowest BCUT2D eigenvalue weighted by atomic mass is 10.3. The topological polar surface area (TPSA) is 69.4 Å². The van der Waals surface area contributed by atoms with Gasteiger partial charge in [-0.2, -0.15) is 0 Å². The zero-order valence-corrected chi connectivity index (χ0v) is 10.7. The van der Waals surface area contributed by atoms with Crippen LogP contribution < -0.4 is 5.32 Å². The molecular weight excluding hydrogens is 246 g/mol. The molecule has 0 aliphatic heterocycles. The molecule has 1 aromatic heterocycles. The van der Waals surface area contributed by atoms with Crippen LogP contribution in [0, 0.1) is 0 Å². The van der Waals surface area contributed by atoms with Crippen molar-refractivity contribution in [3.05, 3.63) is 5.89 Å². The predicted octanol–water partition coefficient (Wildman–Crippen LogP) is 1.66. The van der Waals surface area contributed by atoms with Gasteiger partial charge < -0.3 is 19.2 Å². The quantitative estimate of drug-likeness (QED) is 0.511. The first-order chi connectivity index (χ1) is 8.36. The van der Waals surface area contributed by atoms with E-state index in [2.05, 4.69) is 15.5 Å². The Morgan fingerprint density at radius 3 is 2.82 bits per heavy atom. The number of nitrogens with one attached hydrogen (secondary N) is 1. The summed E-state index contributed by atoms with van der Waals surface area (Å²) in [5.74, 6) is 0.666. The normalized spacial score (nSPS) is 10.7. The summed E-state index contributed by atoms with van der Waals surface area (Å²) in [5.41, 5.74) is 0. The van der Waals surface area contributed by atoms with Crippen LogP contribution in [0.25, 0.3) is 0 Å². The van der Waals surface area contributed by atoms with Crippen molar-refractivity contribution < 1.29 is 13.9 Å². The number of hydrogen-bond acceptors (Lipinski definition) is 6. The van der Waals surface area contributed by atoms with Crippen molar-refractivity contribution in [3.63, 3.8) is 0 Å². The third kappa shape index (κ3) is 6.45. The summed E-state index contributed by atoms with van der Waals surface area (Å²) >= 11 is 5.53. The van der Waals surface area contributed by atoms with Gasteiger partial charge in [0.1, 0.15) is 5.88 Å². The first kappa shape index (κ1) is 14.2. The minimum atomic E-state index is 0.238. The van der Waals surface area contributed by atoms with Crippen molar-refractivity contribution in [2.45, 2.75) is 18.7 Å². The molecule has 0 bridgehead atoms. The molecule has 0 amide bonds. The van der Waals surface area contributed by atoms with Gasteiger partial charge in [-0.3, -0.25) is 0 Å². The second-order valence-electron chi connectivity index (χ2n) is 3.37. The zero-order chi connectivity index (χ0) is 12.3. The van der Waals surface area contributed by atoms with E-state index in [9.17, 15) is 0 Å². The van der Waals surface area contributed by atoms with Crippen LogP contribution in [0.4, 0.5) is 6.01 Å². The van der Waals surface area contributed by atoms with E-state index in [1.165, 1.54) is 0 Å². The molecule has 0 radical (unpaired) electrons. The molecule has 0 fully saturated rings. The highest BCUT2D eigenvalue weighted by atomic mass is 35.5. The molecule has 1 aromatic rings. The van der Waals surface area contributed by atoms with Crippen molar-refractivity contribution in [1.82, 2.24) is 10.2 Å². The molecule has 0 aliphatic rings. The van der Waals surface area contributed by atoms with Gasteiger partial charge in [0, 0.05) is 20.3 Å². The Labute approximate surface area is 106 Å². The number of unbranched alkanes of at least 4 members (excludes halogenated alkanes) is 1. The first-order valence-corrected chi connectivity index (χ1v) is 6.09. The molecule has 0 unspecified atom stereocenters. The monoisotopic (exact) mass is 263 g/mol. The molecular formula is C10H18ClN3O3. The van der Waals surface area contributed by atoms with Crippen LogP contribution in [0.15, 0.2) is 4.42 Å². The fraction of sp³-hybridized carbons (Fsp3) is 0.800. The second-order valence-corrected chi connectivity index (χ2v) is 3.64. The van der Waals surface area contributed by atoms with Crippen LogP contribution in [-0.4, -0.2) is 43.7 Å². The summed E-state index contributed by atoms with van der Waals surface area (Å²) in [6.45, 7) is 2.80. The summed E-state index contributed by atoms with van der Waals surface area (Å²) in [7, 11) is 1.66. The molecule has 0 spiro atoms. The minimum absolute atomic E-state index is 0.238. The molecule has 0 aliphatic carbocycles. The highest BCUT2D eigenvalue weighted by molar-refractivity contribution is 6.16. The summed E-state index contributed by atoms with van der Waals surface area (Å²) < 4.78 is 15.4. The van der Waals surface area contributed by atoms with E-state index in [1.54, 1.807) is 7.11 Å². The van der Waals surface area contributed by atoms with Crippen molar-refractivity contribution >= 4 is 17.6 Å². The summed E-state index contributed by atoms with van der Waals surface area (Å²) in [5, 5.41) is 10.5. The number of rotatable bonds is 10. The van der Waals surface area contributed by atoms with Crippen molar-refractivity contribution in [1.29, 1.82) is 0 Å². The lowest BCUT2D eigenvalue weighted by molar-refractivity contribution is 0.0691. The average Bonchev–Trinajstić information content (AvgIpc) is 2.80. The molecule has 1 N–H and O–H groups in total. The number of methoxy groups -OCH3 is 1. The van der Waals surface area contributed by atoms with Crippen LogP contribution in [-0.2, 0) is 15.4 Å². The van der Waals surface area contributed by atoms with Crippen molar-refractivity contribution in [3.8, 4) is 0 Å².